The van der Waals surface area contributed by atoms with Gasteiger partial charge in [-0.2, -0.15) is 0 Å². The van der Waals surface area contributed by atoms with Crippen LogP contribution in [0, 0.1) is 5.92 Å². The Balaban J connectivity index is 1.85. The molecule has 1 fully saturated rings. The van der Waals surface area contributed by atoms with Gasteiger partial charge in [-0.25, -0.2) is 0 Å². The summed E-state index contributed by atoms with van der Waals surface area (Å²) in [7, 11) is 0. The van der Waals surface area contributed by atoms with Crippen molar-refractivity contribution >= 4 is 5.91 Å². The average Bonchev–Trinajstić information content (AvgIpc) is 3.00. The molecule has 3 nitrogen and oxygen atoms in total. The molecule has 0 bridgehead atoms. The molecule has 0 radical (unpaired) electrons. The van der Waals surface area contributed by atoms with E-state index in [1.165, 1.54) is 0 Å². The first-order valence-electron chi connectivity index (χ1n) is 7.84. The van der Waals surface area contributed by atoms with Gasteiger partial charge in [0.05, 0.1) is 18.1 Å². The molecule has 2 aromatic rings. The van der Waals surface area contributed by atoms with E-state index >= 15 is 0 Å². The molecule has 3 rings (SSSR count). The Kier molecular flexibility index (Phi) is 4.54. The van der Waals surface area contributed by atoms with Crippen molar-refractivity contribution in [2.75, 3.05) is 0 Å². The van der Waals surface area contributed by atoms with E-state index in [9.17, 15) is 9.90 Å². The van der Waals surface area contributed by atoms with Gasteiger partial charge in [0.2, 0.25) is 5.91 Å². The van der Waals surface area contributed by atoms with Crippen LogP contribution >= 0.6 is 0 Å². The van der Waals surface area contributed by atoms with Crippen LogP contribution in [-0.2, 0) is 4.79 Å². The van der Waals surface area contributed by atoms with Gasteiger partial charge < -0.3 is 10.4 Å². The fraction of sp³-hybridized carbons (Fsp3) is 0.316. The topological polar surface area (TPSA) is 49.3 Å². The monoisotopic (exact) mass is 295 g/mol. The summed E-state index contributed by atoms with van der Waals surface area (Å²) in [6.07, 6.45) is 1.90. The van der Waals surface area contributed by atoms with Gasteiger partial charge in [-0.1, -0.05) is 60.7 Å². The van der Waals surface area contributed by atoms with Crippen molar-refractivity contribution in [2.45, 2.75) is 31.4 Å². The Morgan fingerprint density at radius 3 is 1.95 bits per heavy atom. The first-order chi connectivity index (χ1) is 10.8. The van der Waals surface area contributed by atoms with E-state index in [4.69, 9.17) is 0 Å². The highest BCUT2D eigenvalue weighted by molar-refractivity contribution is 5.80. The second-order valence-electron chi connectivity index (χ2n) is 5.87. The highest BCUT2D eigenvalue weighted by Crippen LogP contribution is 2.28. The normalized spacial score (nSPS) is 21.0. The smallest absolute Gasteiger partial charge is 0.226 e. The number of aliphatic hydroxyl groups is 1. The number of nitrogens with one attached hydrogen (secondary N) is 1. The summed E-state index contributed by atoms with van der Waals surface area (Å²) < 4.78 is 0. The number of hydrogen-bond acceptors (Lipinski definition) is 2. The third-order valence-electron chi connectivity index (χ3n) is 4.37. The minimum atomic E-state index is -0.507. The van der Waals surface area contributed by atoms with Crippen molar-refractivity contribution in [3.8, 4) is 0 Å². The Hall–Kier alpha value is -2.13. The van der Waals surface area contributed by atoms with Gasteiger partial charge >= 0.3 is 0 Å². The summed E-state index contributed by atoms with van der Waals surface area (Å²) in [6.45, 7) is 0. The van der Waals surface area contributed by atoms with E-state index in [1.807, 2.05) is 60.7 Å². The molecule has 1 aliphatic carbocycles. The Labute approximate surface area is 131 Å². The number of amides is 1. The van der Waals surface area contributed by atoms with Crippen molar-refractivity contribution in [3.05, 3.63) is 71.8 Å². The molecule has 3 heteroatoms. The first-order valence-corrected chi connectivity index (χ1v) is 7.84. The van der Waals surface area contributed by atoms with Crippen LogP contribution in [0.15, 0.2) is 60.7 Å². The SMILES string of the molecule is O=C(NC(c1ccccc1)c1ccccc1)C1CCCC1O. The third kappa shape index (κ3) is 3.20. The van der Waals surface area contributed by atoms with Crippen LogP contribution in [0.5, 0.6) is 0 Å². The van der Waals surface area contributed by atoms with Crippen molar-refractivity contribution < 1.29 is 9.90 Å². The molecule has 2 atom stereocenters. The number of aliphatic hydroxyl groups excluding tert-OH is 1. The van der Waals surface area contributed by atoms with Gasteiger partial charge in [-0.3, -0.25) is 4.79 Å². The van der Waals surface area contributed by atoms with E-state index in [1.54, 1.807) is 0 Å². The van der Waals surface area contributed by atoms with Crippen LogP contribution < -0.4 is 5.32 Å². The number of hydrogen-bond donors (Lipinski definition) is 2. The van der Waals surface area contributed by atoms with Crippen molar-refractivity contribution in [1.82, 2.24) is 5.32 Å². The van der Waals surface area contributed by atoms with Crippen LogP contribution in [0.4, 0.5) is 0 Å². The molecule has 2 aromatic carbocycles. The van der Waals surface area contributed by atoms with E-state index in [0.717, 1.165) is 30.4 Å². The maximum Gasteiger partial charge on any atom is 0.226 e. The second kappa shape index (κ2) is 6.75. The Morgan fingerprint density at radius 2 is 1.50 bits per heavy atom. The fourth-order valence-electron chi connectivity index (χ4n) is 3.15. The molecule has 1 amide bonds. The molecule has 0 aliphatic heterocycles. The average molecular weight is 295 g/mol. The lowest BCUT2D eigenvalue weighted by Crippen LogP contribution is -2.37. The standard InChI is InChI=1S/C19H21NO2/c21-17-13-7-12-16(17)19(22)20-18(14-8-3-1-4-9-14)15-10-5-2-6-11-15/h1-6,8-11,16-18,21H,7,12-13H2,(H,20,22). The highest BCUT2D eigenvalue weighted by Gasteiger charge is 2.32. The summed E-state index contributed by atoms with van der Waals surface area (Å²) in [5.74, 6) is -0.336. The zero-order valence-corrected chi connectivity index (χ0v) is 12.5. The Morgan fingerprint density at radius 1 is 0.955 bits per heavy atom. The van der Waals surface area contributed by atoms with Crippen molar-refractivity contribution in [1.29, 1.82) is 0 Å². The first kappa shape index (κ1) is 14.8. The van der Waals surface area contributed by atoms with Crippen LogP contribution in [0.3, 0.4) is 0 Å². The van der Waals surface area contributed by atoms with E-state index in [-0.39, 0.29) is 17.9 Å². The molecule has 0 saturated heterocycles. The zero-order valence-electron chi connectivity index (χ0n) is 12.5. The van der Waals surface area contributed by atoms with Gasteiger partial charge in [-0.15, -0.1) is 0 Å². The molecule has 0 spiro atoms. The van der Waals surface area contributed by atoms with Crippen molar-refractivity contribution in [3.63, 3.8) is 0 Å². The van der Waals surface area contributed by atoms with Crippen LogP contribution in [-0.4, -0.2) is 17.1 Å². The molecule has 2 N–H and O–H groups in total. The molecular weight excluding hydrogens is 274 g/mol. The van der Waals surface area contributed by atoms with Gasteiger partial charge in [0.1, 0.15) is 0 Å². The Bertz CT molecular complexity index is 572. The molecule has 22 heavy (non-hydrogen) atoms. The molecule has 1 aliphatic rings. The molecule has 114 valence electrons. The van der Waals surface area contributed by atoms with Gasteiger partial charge in [0.25, 0.3) is 0 Å². The van der Waals surface area contributed by atoms with Gasteiger partial charge in [0.15, 0.2) is 0 Å². The summed E-state index contributed by atoms with van der Waals surface area (Å²) in [5, 5.41) is 13.1. The van der Waals surface area contributed by atoms with Gasteiger partial charge in [0, 0.05) is 0 Å². The lowest BCUT2D eigenvalue weighted by Gasteiger charge is -2.23. The summed E-state index contributed by atoms with van der Waals surface area (Å²) in [6, 6.07) is 19.7. The molecule has 1 saturated carbocycles. The summed E-state index contributed by atoms with van der Waals surface area (Å²) in [4.78, 5) is 12.5. The maximum absolute atomic E-state index is 12.5. The number of rotatable bonds is 4. The van der Waals surface area contributed by atoms with Crippen LogP contribution in [0.25, 0.3) is 0 Å². The predicted molar refractivity (Wildman–Crippen MR) is 86.2 cm³/mol. The number of carbonyl (C=O) groups excluding carboxylic acids is 1. The third-order valence-corrected chi connectivity index (χ3v) is 4.37. The largest absolute Gasteiger partial charge is 0.392 e. The van der Waals surface area contributed by atoms with Crippen LogP contribution in [0.1, 0.15) is 36.4 Å². The lowest BCUT2D eigenvalue weighted by atomic mass is 9.97. The quantitative estimate of drug-likeness (QED) is 0.911. The fourth-order valence-corrected chi connectivity index (χ4v) is 3.15. The number of benzene rings is 2. The number of carbonyl (C=O) groups is 1. The molecule has 2 unspecified atom stereocenters. The lowest BCUT2D eigenvalue weighted by molar-refractivity contribution is -0.128. The minimum absolute atomic E-state index is 0.0530. The van der Waals surface area contributed by atoms with E-state index in [0.29, 0.717) is 0 Å². The van der Waals surface area contributed by atoms with E-state index in [2.05, 4.69) is 5.32 Å². The molecule has 0 aromatic heterocycles. The maximum atomic E-state index is 12.5. The highest BCUT2D eigenvalue weighted by atomic mass is 16.3. The predicted octanol–water partition coefficient (Wildman–Crippen LogP) is 3.05. The zero-order chi connectivity index (χ0) is 15.4. The van der Waals surface area contributed by atoms with Crippen molar-refractivity contribution in [2.24, 2.45) is 5.92 Å². The van der Waals surface area contributed by atoms with Gasteiger partial charge in [-0.05, 0) is 30.4 Å². The summed E-state index contributed by atoms with van der Waals surface area (Å²) >= 11 is 0. The van der Waals surface area contributed by atoms with Crippen LogP contribution in [0.2, 0.25) is 0 Å². The molecule has 0 heterocycles. The minimum Gasteiger partial charge on any atom is -0.392 e. The summed E-state index contributed by atoms with van der Waals surface area (Å²) in [5.41, 5.74) is 2.10. The molecular formula is C19H21NO2. The second-order valence-corrected chi connectivity index (χ2v) is 5.87. The van der Waals surface area contributed by atoms with E-state index < -0.39 is 6.10 Å².